The van der Waals surface area contributed by atoms with Crippen LogP contribution < -0.4 is 14.5 Å². The number of hydrogen-bond donors (Lipinski definition) is 1. The predicted octanol–water partition coefficient (Wildman–Crippen LogP) is 6.13. The third kappa shape index (κ3) is 2.50. The standard InChI is InChI=1S/C28H16N4O3/c33-32-24-13-23-17(11-18-14-29-10-9-22(18)31-23)12-26(24)35-28(32)15-30-27-21-6-5-16-3-1-2-4-19(16)20(21)7-8-25(27)34-28/h1-15,33H/t28-/m1/s1. The summed E-state index contributed by atoms with van der Waals surface area (Å²) < 4.78 is 12.4. The number of ether oxygens (including phenoxy) is 2. The Labute approximate surface area is 198 Å². The number of rotatable bonds is 0. The van der Waals surface area contributed by atoms with Crippen LogP contribution >= 0.6 is 0 Å². The number of aliphatic imine (C=N–C) groups is 1. The number of fused-ring (bicyclic) bond motifs is 8. The van der Waals surface area contributed by atoms with E-state index in [0.717, 1.165) is 48.4 Å². The summed E-state index contributed by atoms with van der Waals surface area (Å²) in [6.07, 6.45) is 4.99. The monoisotopic (exact) mass is 456 g/mol. The highest BCUT2D eigenvalue weighted by Crippen LogP contribution is 2.48. The van der Waals surface area contributed by atoms with E-state index in [1.165, 1.54) is 6.21 Å². The second-order valence-electron chi connectivity index (χ2n) is 8.77. The van der Waals surface area contributed by atoms with E-state index in [1.807, 2.05) is 48.5 Å². The van der Waals surface area contributed by atoms with Crippen LogP contribution in [0.5, 0.6) is 11.5 Å². The molecule has 4 aromatic carbocycles. The second-order valence-corrected chi connectivity index (χ2v) is 8.77. The van der Waals surface area contributed by atoms with Gasteiger partial charge in [-0.15, -0.1) is 0 Å². The summed E-state index contributed by atoms with van der Waals surface area (Å²) in [5.41, 5.74) is 2.72. The number of pyridine rings is 2. The molecule has 8 rings (SSSR count). The number of benzene rings is 4. The fraction of sp³-hybridized carbons (Fsp3) is 0.0357. The van der Waals surface area contributed by atoms with Crippen molar-refractivity contribution in [3.05, 3.63) is 85.2 Å². The lowest BCUT2D eigenvalue weighted by atomic mass is 10.0. The maximum absolute atomic E-state index is 11.2. The van der Waals surface area contributed by atoms with Crippen LogP contribution in [0.2, 0.25) is 0 Å². The average molecular weight is 456 g/mol. The molecule has 0 aliphatic carbocycles. The van der Waals surface area contributed by atoms with Gasteiger partial charge in [-0.3, -0.25) is 10.2 Å². The van der Waals surface area contributed by atoms with Crippen LogP contribution in [0, 0.1) is 0 Å². The van der Waals surface area contributed by atoms with Crippen molar-refractivity contribution >= 4 is 60.9 Å². The molecular weight excluding hydrogens is 440 g/mol. The molecule has 4 heterocycles. The van der Waals surface area contributed by atoms with E-state index < -0.39 is 5.91 Å². The van der Waals surface area contributed by atoms with Gasteiger partial charge in [-0.2, -0.15) is 5.06 Å². The molecule has 166 valence electrons. The van der Waals surface area contributed by atoms with Crippen LogP contribution in [0.1, 0.15) is 0 Å². The first-order valence-electron chi connectivity index (χ1n) is 11.2. The Morgan fingerprint density at radius 3 is 2.60 bits per heavy atom. The molecule has 1 N–H and O–H groups in total. The largest absolute Gasteiger partial charge is 0.427 e. The number of aromatic nitrogens is 2. The molecule has 0 bridgehead atoms. The summed E-state index contributed by atoms with van der Waals surface area (Å²) in [6.45, 7) is 0. The van der Waals surface area contributed by atoms with Gasteiger partial charge in [0.15, 0.2) is 11.5 Å². The highest BCUT2D eigenvalue weighted by Gasteiger charge is 2.50. The van der Waals surface area contributed by atoms with Crippen molar-refractivity contribution in [1.82, 2.24) is 9.97 Å². The summed E-state index contributed by atoms with van der Waals surface area (Å²) in [5.74, 6) is -0.591. The Kier molecular flexibility index (Phi) is 3.43. The van der Waals surface area contributed by atoms with Crippen molar-refractivity contribution in [3.8, 4) is 11.5 Å². The van der Waals surface area contributed by atoms with E-state index in [4.69, 9.17) is 19.5 Å². The molecule has 7 heteroatoms. The molecule has 1 spiro atoms. The molecule has 6 aromatic rings. The maximum Gasteiger partial charge on any atom is 0.401 e. The average Bonchev–Trinajstić information content (AvgIpc) is 3.15. The zero-order chi connectivity index (χ0) is 23.1. The van der Waals surface area contributed by atoms with Gasteiger partial charge >= 0.3 is 5.91 Å². The topological polar surface area (TPSA) is 80.1 Å². The van der Waals surface area contributed by atoms with Gasteiger partial charge in [0.1, 0.15) is 17.6 Å². The molecule has 0 unspecified atom stereocenters. The van der Waals surface area contributed by atoms with E-state index >= 15 is 0 Å². The van der Waals surface area contributed by atoms with Crippen LogP contribution in [0.15, 0.2) is 90.2 Å². The minimum atomic E-state index is -1.60. The lowest BCUT2D eigenvalue weighted by Crippen LogP contribution is -2.55. The van der Waals surface area contributed by atoms with Gasteiger partial charge in [0.25, 0.3) is 0 Å². The SMILES string of the molecule is ON1c2cc3nc4ccncc4cc3cc2O[C@]12C=Nc1c(ccc3c1ccc1ccccc13)O2. The van der Waals surface area contributed by atoms with E-state index in [1.54, 1.807) is 18.5 Å². The first-order chi connectivity index (χ1) is 17.2. The smallest absolute Gasteiger partial charge is 0.401 e. The summed E-state index contributed by atoms with van der Waals surface area (Å²) in [6, 6.07) is 23.8. The molecule has 0 fully saturated rings. The quantitative estimate of drug-likeness (QED) is 0.219. The van der Waals surface area contributed by atoms with Gasteiger partial charge < -0.3 is 9.47 Å². The Hall–Kier alpha value is -4.75. The Bertz CT molecular complexity index is 1900. The van der Waals surface area contributed by atoms with Gasteiger partial charge in [-0.25, -0.2) is 9.98 Å². The third-order valence-corrected chi connectivity index (χ3v) is 6.74. The van der Waals surface area contributed by atoms with Gasteiger partial charge in [0.05, 0.1) is 11.0 Å². The highest BCUT2D eigenvalue weighted by molar-refractivity contribution is 6.12. The summed E-state index contributed by atoms with van der Waals surface area (Å²) in [7, 11) is 0. The van der Waals surface area contributed by atoms with Crippen molar-refractivity contribution in [3.63, 3.8) is 0 Å². The van der Waals surface area contributed by atoms with Crippen LogP contribution in [0.4, 0.5) is 11.4 Å². The van der Waals surface area contributed by atoms with Crippen LogP contribution in [0.3, 0.4) is 0 Å². The molecule has 2 aliphatic rings. The van der Waals surface area contributed by atoms with Gasteiger partial charge in [-0.1, -0.05) is 36.4 Å². The Morgan fingerprint density at radius 1 is 0.743 bits per heavy atom. The van der Waals surface area contributed by atoms with Crippen molar-refractivity contribution in [2.24, 2.45) is 4.99 Å². The molecule has 2 aromatic heterocycles. The molecule has 0 amide bonds. The molecule has 0 saturated carbocycles. The lowest BCUT2D eigenvalue weighted by molar-refractivity contribution is -0.0847. The lowest BCUT2D eigenvalue weighted by Gasteiger charge is -2.33. The Morgan fingerprint density at radius 2 is 1.63 bits per heavy atom. The molecule has 35 heavy (non-hydrogen) atoms. The number of hydroxylamine groups is 1. The second kappa shape index (κ2) is 6.43. The molecule has 1 atom stereocenters. The minimum absolute atomic E-state index is 0.458. The minimum Gasteiger partial charge on any atom is -0.427 e. The molecular formula is C28H16N4O3. The van der Waals surface area contributed by atoms with E-state index in [0.29, 0.717) is 22.9 Å². The third-order valence-electron chi connectivity index (χ3n) is 6.74. The van der Waals surface area contributed by atoms with Crippen LogP contribution in [0.25, 0.3) is 43.4 Å². The van der Waals surface area contributed by atoms with E-state index in [-0.39, 0.29) is 0 Å². The van der Waals surface area contributed by atoms with Gasteiger partial charge in [0, 0.05) is 28.6 Å². The van der Waals surface area contributed by atoms with E-state index in [9.17, 15) is 5.21 Å². The Balaban J connectivity index is 1.25. The molecule has 0 radical (unpaired) electrons. The van der Waals surface area contributed by atoms with Crippen molar-refractivity contribution in [2.45, 2.75) is 5.91 Å². The zero-order valence-electron chi connectivity index (χ0n) is 18.2. The first kappa shape index (κ1) is 18.7. The zero-order valence-corrected chi connectivity index (χ0v) is 18.2. The van der Waals surface area contributed by atoms with Gasteiger partial charge in [-0.05, 0) is 52.6 Å². The predicted molar refractivity (Wildman–Crippen MR) is 135 cm³/mol. The van der Waals surface area contributed by atoms with E-state index in [2.05, 4.69) is 23.2 Å². The maximum atomic E-state index is 11.2. The summed E-state index contributed by atoms with van der Waals surface area (Å²) in [4.78, 5) is 13.6. The van der Waals surface area contributed by atoms with Crippen LogP contribution in [-0.4, -0.2) is 27.3 Å². The highest BCUT2D eigenvalue weighted by atomic mass is 16.8. The molecule has 0 saturated heterocycles. The number of hydrogen-bond acceptors (Lipinski definition) is 7. The number of anilines is 1. The van der Waals surface area contributed by atoms with Crippen molar-refractivity contribution in [1.29, 1.82) is 0 Å². The summed E-state index contributed by atoms with van der Waals surface area (Å²) >= 11 is 0. The normalized spacial score (nSPS) is 18.3. The first-order valence-corrected chi connectivity index (χ1v) is 11.2. The number of nitrogens with zero attached hydrogens (tertiary/aromatic N) is 4. The molecule has 7 nitrogen and oxygen atoms in total. The van der Waals surface area contributed by atoms with Crippen LogP contribution in [-0.2, 0) is 0 Å². The van der Waals surface area contributed by atoms with Crippen molar-refractivity contribution in [2.75, 3.05) is 5.06 Å². The fourth-order valence-electron chi connectivity index (χ4n) is 5.05. The summed E-state index contributed by atoms with van der Waals surface area (Å²) in [5, 5.41) is 18.3. The van der Waals surface area contributed by atoms with Gasteiger partial charge in [0.2, 0.25) is 0 Å². The van der Waals surface area contributed by atoms with Crippen molar-refractivity contribution < 1.29 is 14.7 Å². The molecule has 2 aliphatic heterocycles. The fourth-order valence-corrected chi connectivity index (χ4v) is 5.05.